The van der Waals surface area contributed by atoms with Crippen molar-refractivity contribution in [3.8, 4) is 5.88 Å². The monoisotopic (exact) mass is 250 g/mol. The third kappa shape index (κ3) is 9.54. The molecular formula is C14H22N2O2. The average Bonchev–Trinajstić information content (AvgIpc) is 2.34. The number of hydrogen-bond donors (Lipinski definition) is 1. The third-order valence-electron chi connectivity index (χ3n) is 1.82. The van der Waals surface area contributed by atoms with Gasteiger partial charge < -0.3 is 14.8 Å². The molecule has 0 spiro atoms. The van der Waals surface area contributed by atoms with E-state index >= 15 is 0 Å². The molecule has 4 nitrogen and oxygen atoms in total. The lowest BCUT2D eigenvalue weighted by Gasteiger charge is -2.04. The molecule has 1 heterocycles. The first-order chi connectivity index (χ1) is 8.60. The second-order valence-corrected chi connectivity index (χ2v) is 3.83. The minimum Gasteiger partial charge on any atom is -0.481 e. The van der Waals surface area contributed by atoms with Crippen molar-refractivity contribution in [3.63, 3.8) is 0 Å². The molecule has 0 radical (unpaired) electrons. The van der Waals surface area contributed by atoms with Crippen LogP contribution < -0.4 is 10.1 Å². The molecule has 1 N–H and O–H groups in total. The number of ether oxygens (including phenoxy) is 1. The zero-order valence-corrected chi connectivity index (χ0v) is 11.4. The van der Waals surface area contributed by atoms with Crippen LogP contribution in [-0.2, 0) is 11.3 Å². The molecule has 0 saturated heterocycles. The number of pyridine rings is 1. The summed E-state index contributed by atoms with van der Waals surface area (Å²) in [6.45, 7) is 8.41. The van der Waals surface area contributed by atoms with Crippen LogP contribution in [0, 0.1) is 0 Å². The van der Waals surface area contributed by atoms with Gasteiger partial charge in [0, 0.05) is 12.6 Å². The Bertz CT molecular complexity index is 361. The molecule has 100 valence electrons. The summed E-state index contributed by atoms with van der Waals surface area (Å²) < 4.78 is 5.03. The van der Waals surface area contributed by atoms with Gasteiger partial charge in [0.25, 0.3) is 0 Å². The molecule has 0 aliphatic heterocycles. The molecule has 0 unspecified atom stereocenters. The number of rotatable bonds is 6. The fourth-order valence-electron chi connectivity index (χ4n) is 1.09. The second-order valence-electron chi connectivity index (χ2n) is 3.83. The van der Waals surface area contributed by atoms with E-state index < -0.39 is 0 Å². The van der Waals surface area contributed by atoms with Gasteiger partial charge in [-0.15, -0.1) is 6.58 Å². The van der Waals surface area contributed by atoms with Crippen LogP contribution in [0.15, 0.2) is 30.9 Å². The summed E-state index contributed by atoms with van der Waals surface area (Å²) in [7, 11) is 1.62. The lowest BCUT2D eigenvalue weighted by molar-refractivity contribution is -0.114. The number of carbonyl (C=O) groups is 1. The van der Waals surface area contributed by atoms with Gasteiger partial charge in [0.2, 0.25) is 5.88 Å². The number of nitrogens with one attached hydrogen (secondary N) is 1. The maximum absolute atomic E-state index is 9.44. The molecule has 0 atom stereocenters. The lowest BCUT2D eigenvalue weighted by atomic mass is 10.3. The largest absolute Gasteiger partial charge is 0.481 e. The van der Waals surface area contributed by atoms with Gasteiger partial charge in [-0.2, -0.15) is 0 Å². The second kappa shape index (κ2) is 10.5. The summed E-state index contributed by atoms with van der Waals surface area (Å²) in [5.41, 5.74) is 0.994. The Morgan fingerprint density at radius 3 is 2.72 bits per heavy atom. The van der Waals surface area contributed by atoms with Gasteiger partial charge in [-0.25, -0.2) is 4.98 Å². The highest BCUT2D eigenvalue weighted by molar-refractivity contribution is 5.72. The summed E-state index contributed by atoms with van der Waals surface area (Å²) >= 11 is 0. The van der Waals surface area contributed by atoms with Crippen LogP contribution in [0.25, 0.3) is 0 Å². The molecular weight excluding hydrogens is 228 g/mol. The number of nitrogens with zero attached hydrogens (tertiary/aromatic N) is 1. The van der Waals surface area contributed by atoms with Crippen molar-refractivity contribution < 1.29 is 9.53 Å². The summed E-state index contributed by atoms with van der Waals surface area (Å²) in [4.78, 5) is 13.7. The molecule has 0 saturated carbocycles. The van der Waals surface area contributed by atoms with Crippen LogP contribution in [0.5, 0.6) is 5.88 Å². The van der Waals surface area contributed by atoms with E-state index in [4.69, 9.17) is 4.74 Å². The molecule has 0 fully saturated rings. The van der Waals surface area contributed by atoms with Gasteiger partial charge in [0.1, 0.15) is 5.78 Å². The standard InChI is InChI=1S/C11H16N2O.C3H6O/c1-3-4-8-12-9-10-6-5-7-11(13-10)14-2;1-3(2)4/h3,5-7,12H,1,4,8-9H2,2H3;1-2H3. The Labute approximate surface area is 109 Å². The molecule has 0 aromatic carbocycles. The lowest BCUT2D eigenvalue weighted by Crippen LogP contribution is -2.14. The first kappa shape index (κ1) is 16.3. The Kier molecular flexibility index (Phi) is 9.50. The first-order valence-corrected chi connectivity index (χ1v) is 5.88. The fraction of sp³-hybridized carbons (Fsp3) is 0.429. The molecule has 1 aromatic rings. The average molecular weight is 250 g/mol. The molecule has 0 aliphatic carbocycles. The van der Waals surface area contributed by atoms with Crippen LogP contribution in [0.4, 0.5) is 0 Å². The van der Waals surface area contributed by atoms with E-state index in [1.165, 1.54) is 13.8 Å². The number of methoxy groups -OCH3 is 1. The van der Waals surface area contributed by atoms with Crippen LogP contribution in [-0.4, -0.2) is 24.4 Å². The third-order valence-corrected chi connectivity index (χ3v) is 1.82. The van der Waals surface area contributed by atoms with Crippen LogP contribution in [0.2, 0.25) is 0 Å². The van der Waals surface area contributed by atoms with Gasteiger partial charge in [-0.3, -0.25) is 0 Å². The zero-order valence-electron chi connectivity index (χ0n) is 11.4. The molecule has 0 bridgehead atoms. The summed E-state index contributed by atoms with van der Waals surface area (Å²) in [6, 6.07) is 5.76. The van der Waals surface area contributed by atoms with Crippen molar-refractivity contribution in [1.82, 2.24) is 10.3 Å². The van der Waals surface area contributed by atoms with Crippen molar-refractivity contribution >= 4 is 5.78 Å². The highest BCUT2D eigenvalue weighted by Crippen LogP contribution is 2.05. The van der Waals surface area contributed by atoms with Gasteiger partial charge in [0.15, 0.2) is 0 Å². The van der Waals surface area contributed by atoms with Crippen molar-refractivity contribution in [2.45, 2.75) is 26.8 Å². The predicted octanol–water partition coefficient (Wildman–Crippen LogP) is 2.35. The molecule has 18 heavy (non-hydrogen) atoms. The first-order valence-electron chi connectivity index (χ1n) is 5.88. The van der Waals surface area contributed by atoms with E-state index in [2.05, 4.69) is 16.9 Å². The van der Waals surface area contributed by atoms with Gasteiger partial charge in [0.05, 0.1) is 12.8 Å². The summed E-state index contributed by atoms with van der Waals surface area (Å²) in [6.07, 6.45) is 2.87. The topological polar surface area (TPSA) is 51.2 Å². The zero-order chi connectivity index (χ0) is 13.8. The summed E-state index contributed by atoms with van der Waals surface area (Å²) in [5.74, 6) is 0.827. The molecule has 0 amide bonds. The normalized spacial score (nSPS) is 9.06. The summed E-state index contributed by atoms with van der Waals surface area (Å²) in [5, 5.41) is 3.26. The molecule has 1 rings (SSSR count). The van der Waals surface area contributed by atoms with Crippen LogP contribution in [0.3, 0.4) is 0 Å². The fourth-order valence-corrected chi connectivity index (χ4v) is 1.09. The smallest absolute Gasteiger partial charge is 0.213 e. The van der Waals surface area contributed by atoms with E-state index in [1.807, 2.05) is 24.3 Å². The van der Waals surface area contributed by atoms with Crippen LogP contribution in [0.1, 0.15) is 26.0 Å². The Hall–Kier alpha value is -1.68. The van der Waals surface area contributed by atoms with Crippen LogP contribution >= 0.6 is 0 Å². The van der Waals surface area contributed by atoms with E-state index in [-0.39, 0.29) is 5.78 Å². The number of Topliss-reactive ketones (excluding diaryl/α,β-unsaturated/α-hetero) is 1. The van der Waals surface area contributed by atoms with Crippen molar-refractivity contribution in [1.29, 1.82) is 0 Å². The van der Waals surface area contributed by atoms with E-state index in [1.54, 1.807) is 7.11 Å². The Balaban J connectivity index is 0.000000631. The molecule has 0 aliphatic rings. The maximum Gasteiger partial charge on any atom is 0.213 e. The molecule has 4 heteroatoms. The van der Waals surface area contributed by atoms with Crippen molar-refractivity contribution in [2.75, 3.05) is 13.7 Å². The maximum atomic E-state index is 9.44. The van der Waals surface area contributed by atoms with Gasteiger partial charge in [-0.05, 0) is 32.9 Å². The highest BCUT2D eigenvalue weighted by Gasteiger charge is 1.95. The SMILES string of the molecule is C=CCCNCc1cccc(OC)n1.CC(C)=O. The van der Waals surface area contributed by atoms with Crippen molar-refractivity contribution in [3.05, 3.63) is 36.5 Å². The van der Waals surface area contributed by atoms with Crippen molar-refractivity contribution in [2.24, 2.45) is 0 Å². The van der Waals surface area contributed by atoms with E-state index in [9.17, 15) is 4.79 Å². The minimum absolute atomic E-state index is 0.167. The van der Waals surface area contributed by atoms with Gasteiger partial charge in [-0.1, -0.05) is 12.1 Å². The Morgan fingerprint density at radius 2 is 2.17 bits per heavy atom. The Morgan fingerprint density at radius 1 is 1.50 bits per heavy atom. The molecule has 1 aromatic heterocycles. The van der Waals surface area contributed by atoms with E-state index in [0.717, 1.165) is 25.2 Å². The minimum atomic E-state index is 0.167. The predicted molar refractivity (Wildman–Crippen MR) is 73.7 cm³/mol. The van der Waals surface area contributed by atoms with E-state index in [0.29, 0.717) is 5.88 Å². The number of ketones is 1. The number of aromatic nitrogens is 1. The van der Waals surface area contributed by atoms with Gasteiger partial charge >= 0.3 is 0 Å². The highest BCUT2D eigenvalue weighted by atomic mass is 16.5. The number of hydrogen-bond acceptors (Lipinski definition) is 4. The number of carbonyl (C=O) groups excluding carboxylic acids is 1. The quantitative estimate of drug-likeness (QED) is 0.622.